The highest BCUT2D eigenvalue weighted by atomic mass is 127. The maximum atomic E-state index is 12.9. The largest absolute Gasteiger partial charge is 0.293 e. The molecule has 0 aliphatic heterocycles. The average Bonchev–Trinajstić information content (AvgIpc) is 2.49. The zero-order valence-corrected chi connectivity index (χ0v) is 14.0. The quantitative estimate of drug-likeness (QED) is 0.510. The monoisotopic (exact) mass is 378 g/mol. The van der Waals surface area contributed by atoms with Crippen LogP contribution in [0.2, 0.25) is 0 Å². The number of Topliss-reactive ketones (excluding diaryl/α,β-unsaturated/α-hetero) is 1. The highest BCUT2D eigenvalue weighted by Crippen LogP contribution is 2.30. The molecule has 2 rings (SSSR count). The van der Waals surface area contributed by atoms with E-state index < -0.39 is 0 Å². The van der Waals surface area contributed by atoms with Gasteiger partial charge >= 0.3 is 0 Å². The SMILES string of the molecule is CCC(C)C(C(=O)c1ccc(I)cc1)c1ccccc1. The van der Waals surface area contributed by atoms with Crippen molar-refractivity contribution in [1.29, 1.82) is 0 Å². The van der Waals surface area contributed by atoms with E-state index in [0.29, 0.717) is 5.92 Å². The normalized spacial score (nSPS) is 13.8. The van der Waals surface area contributed by atoms with Crippen LogP contribution in [-0.2, 0) is 0 Å². The van der Waals surface area contributed by atoms with Gasteiger partial charge in [0.1, 0.15) is 0 Å². The maximum absolute atomic E-state index is 12.9. The molecule has 0 aliphatic carbocycles. The number of carbonyl (C=O) groups is 1. The third-order valence-corrected chi connectivity index (χ3v) is 4.50. The first-order valence-electron chi connectivity index (χ1n) is 6.98. The lowest BCUT2D eigenvalue weighted by Crippen LogP contribution is -2.20. The van der Waals surface area contributed by atoms with Gasteiger partial charge in [-0.3, -0.25) is 4.79 Å². The van der Waals surface area contributed by atoms with Gasteiger partial charge in [-0.2, -0.15) is 0 Å². The van der Waals surface area contributed by atoms with Crippen molar-refractivity contribution in [2.45, 2.75) is 26.2 Å². The van der Waals surface area contributed by atoms with Gasteiger partial charge in [0.15, 0.2) is 5.78 Å². The van der Waals surface area contributed by atoms with Gasteiger partial charge in [-0.15, -0.1) is 0 Å². The van der Waals surface area contributed by atoms with Crippen molar-refractivity contribution in [1.82, 2.24) is 0 Å². The predicted octanol–water partition coefficient (Wildman–Crippen LogP) is 5.30. The second-order valence-corrected chi connectivity index (χ2v) is 6.39. The summed E-state index contributed by atoms with van der Waals surface area (Å²) >= 11 is 2.26. The zero-order valence-electron chi connectivity index (χ0n) is 11.8. The summed E-state index contributed by atoms with van der Waals surface area (Å²) in [5.74, 6) is 0.507. The molecular weight excluding hydrogens is 359 g/mol. The van der Waals surface area contributed by atoms with E-state index in [1.165, 1.54) is 0 Å². The van der Waals surface area contributed by atoms with Crippen molar-refractivity contribution >= 4 is 28.4 Å². The van der Waals surface area contributed by atoms with Crippen molar-refractivity contribution in [3.8, 4) is 0 Å². The number of carbonyl (C=O) groups excluding carboxylic acids is 1. The minimum atomic E-state index is -0.0544. The first kappa shape index (κ1) is 15.2. The molecule has 0 spiro atoms. The maximum Gasteiger partial charge on any atom is 0.170 e. The topological polar surface area (TPSA) is 17.1 Å². The number of rotatable bonds is 5. The van der Waals surface area contributed by atoms with E-state index in [-0.39, 0.29) is 11.7 Å². The fourth-order valence-electron chi connectivity index (χ4n) is 2.43. The first-order chi connectivity index (χ1) is 9.63. The molecule has 0 bridgehead atoms. The molecule has 2 aromatic rings. The molecule has 0 fully saturated rings. The Hall–Kier alpha value is -1.16. The third kappa shape index (κ3) is 3.48. The molecule has 0 saturated carbocycles. The van der Waals surface area contributed by atoms with Crippen LogP contribution in [-0.4, -0.2) is 5.78 Å². The summed E-state index contributed by atoms with van der Waals surface area (Å²) in [6, 6.07) is 18.0. The van der Waals surface area contributed by atoms with Crippen LogP contribution in [0.1, 0.15) is 42.1 Å². The van der Waals surface area contributed by atoms with Gasteiger partial charge in [-0.25, -0.2) is 0 Å². The Labute approximate surface area is 134 Å². The molecule has 0 radical (unpaired) electrons. The highest BCUT2D eigenvalue weighted by molar-refractivity contribution is 14.1. The second kappa shape index (κ2) is 7.02. The van der Waals surface area contributed by atoms with E-state index in [1.54, 1.807) is 0 Å². The van der Waals surface area contributed by atoms with Gasteiger partial charge in [-0.1, -0.05) is 62.7 Å². The fraction of sp³-hybridized carbons (Fsp3) is 0.278. The van der Waals surface area contributed by atoms with Crippen molar-refractivity contribution in [3.05, 3.63) is 69.3 Å². The Morgan fingerprint density at radius 2 is 1.65 bits per heavy atom. The van der Waals surface area contributed by atoms with Gasteiger partial charge < -0.3 is 0 Å². The number of benzene rings is 2. The van der Waals surface area contributed by atoms with Gasteiger partial charge in [0, 0.05) is 15.1 Å². The Kier molecular flexibility index (Phi) is 5.35. The average molecular weight is 378 g/mol. The minimum Gasteiger partial charge on any atom is -0.293 e. The van der Waals surface area contributed by atoms with E-state index >= 15 is 0 Å². The Bertz CT molecular complexity index is 560. The standard InChI is InChI=1S/C18H19IO/c1-3-13(2)17(14-7-5-4-6-8-14)18(20)15-9-11-16(19)12-10-15/h4-13,17H,3H2,1-2H3. The minimum absolute atomic E-state index is 0.0544. The molecule has 20 heavy (non-hydrogen) atoms. The Morgan fingerprint density at radius 3 is 2.20 bits per heavy atom. The number of hydrogen-bond donors (Lipinski definition) is 0. The highest BCUT2D eigenvalue weighted by Gasteiger charge is 2.26. The van der Waals surface area contributed by atoms with E-state index in [9.17, 15) is 4.79 Å². The lowest BCUT2D eigenvalue weighted by Gasteiger charge is -2.22. The van der Waals surface area contributed by atoms with Crippen molar-refractivity contribution in [2.24, 2.45) is 5.92 Å². The molecule has 0 heterocycles. The molecule has 2 aromatic carbocycles. The third-order valence-electron chi connectivity index (χ3n) is 3.78. The van der Waals surface area contributed by atoms with Crippen LogP contribution >= 0.6 is 22.6 Å². The Morgan fingerprint density at radius 1 is 1.05 bits per heavy atom. The summed E-state index contributed by atoms with van der Waals surface area (Å²) < 4.78 is 1.15. The molecule has 0 aromatic heterocycles. The second-order valence-electron chi connectivity index (χ2n) is 5.15. The zero-order chi connectivity index (χ0) is 14.5. The Balaban J connectivity index is 2.36. The van der Waals surface area contributed by atoms with Crippen molar-refractivity contribution < 1.29 is 4.79 Å². The summed E-state index contributed by atoms with van der Waals surface area (Å²) in [4.78, 5) is 12.9. The van der Waals surface area contributed by atoms with Crippen molar-refractivity contribution in [3.63, 3.8) is 0 Å². The van der Waals surface area contributed by atoms with E-state index in [4.69, 9.17) is 0 Å². The molecule has 104 valence electrons. The van der Waals surface area contributed by atoms with Crippen LogP contribution in [0.25, 0.3) is 0 Å². The number of halogens is 1. The van der Waals surface area contributed by atoms with E-state index in [1.807, 2.05) is 42.5 Å². The molecule has 2 unspecified atom stereocenters. The van der Waals surface area contributed by atoms with Crippen LogP contribution in [0.5, 0.6) is 0 Å². The summed E-state index contributed by atoms with van der Waals surface area (Å²) in [6.45, 7) is 4.30. The lowest BCUT2D eigenvalue weighted by molar-refractivity contribution is 0.0932. The summed E-state index contributed by atoms with van der Waals surface area (Å²) in [6.07, 6.45) is 0.996. The molecule has 2 heteroatoms. The van der Waals surface area contributed by atoms with Gasteiger partial charge in [0.2, 0.25) is 0 Å². The van der Waals surface area contributed by atoms with Crippen LogP contribution in [0, 0.1) is 9.49 Å². The molecule has 0 N–H and O–H groups in total. The van der Waals surface area contributed by atoms with Crippen molar-refractivity contribution in [2.75, 3.05) is 0 Å². The van der Waals surface area contributed by atoms with Gasteiger partial charge in [0.05, 0.1) is 0 Å². The van der Waals surface area contributed by atoms with Gasteiger partial charge in [-0.05, 0) is 46.2 Å². The smallest absolute Gasteiger partial charge is 0.170 e. The summed E-state index contributed by atoms with van der Waals surface area (Å²) in [5, 5.41) is 0. The predicted molar refractivity (Wildman–Crippen MR) is 92.1 cm³/mol. The van der Waals surface area contributed by atoms with Gasteiger partial charge in [0.25, 0.3) is 0 Å². The summed E-state index contributed by atoms with van der Waals surface area (Å²) in [7, 11) is 0. The summed E-state index contributed by atoms with van der Waals surface area (Å²) in [5.41, 5.74) is 1.92. The molecule has 0 aliphatic rings. The first-order valence-corrected chi connectivity index (χ1v) is 8.06. The lowest BCUT2D eigenvalue weighted by atomic mass is 9.80. The number of ketones is 1. The van der Waals surface area contributed by atoms with Crippen LogP contribution < -0.4 is 0 Å². The van der Waals surface area contributed by atoms with Crippen LogP contribution in [0.3, 0.4) is 0 Å². The molecule has 0 amide bonds. The van der Waals surface area contributed by atoms with E-state index in [0.717, 1.165) is 21.1 Å². The van der Waals surface area contributed by atoms with Crippen LogP contribution in [0.4, 0.5) is 0 Å². The molecule has 2 atom stereocenters. The molecular formula is C18H19IO. The number of hydrogen-bond acceptors (Lipinski definition) is 1. The van der Waals surface area contributed by atoms with E-state index in [2.05, 4.69) is 48.6 Å². The molecule has 0 saturated heterocycles. The van der Waals surface area contributed by atoms with Crippen LogP contribution in [0.15, 0.2) is 54.6 Å². The molecule has 1 nitrogen and oxygen atoms in total. The fourth-order valence-corrected chi connectivity index (χ4v) is 2.79.